The van der Waals surface area contributed by atoms with Gasteiger partial charge in [0.05, 0.1) is 11.0 Å². The Hall–Kier alpha value is -3.45. The first-order valence-electron chi connectivity index (χ1n) is 11.6. The molecule has 0 bridgehead atoms. The molecule has 2 heterocycles. The van der Waals surface area contributed by atoms with E-state index < -0.39 is 17.9 Å². The number of aliphatic carboxylic acids is 1. The smallest absolute Gasteiger partial charge is 0.326 e. The minimum absolute atomic E-state index is 0.221. The summed E-state index contributed by atoms with van der Waals surface area (Å²) in [6.45, 7) is 4.35. The van der Waals surface area contributed by atoms with Crippen LogP contribution in [0.5, 0.6) is 0 Å². The van der Waals surface area contributed by atoms with Gasteiger partial charge in [0.2, 0.25) is 0 Å². The summed E-state index contributed by atoms with van der Waals surface area (Å²) in [5, 5.41) is 14.4. The summed E-state index contributed by atoms with van der Waals surface area (Å²) in [4.78, 5) is 30.9. The Kier molecular flexibility index (Phi) is 7.43. The first-order chi connectivity index (χ1) is 16.5. The Balaban J connectivity index is 1.63. The van der Waals surface area contributed by atoms with E-state index in [2.05, 4.69) is 35.2 Å². The van der Waals surface area contributed by atoms with Crippen LogP contribution in [0.15, 0.2) is 66.0 Å². The number of carboxylic acids is 1. The van der Waals surface area contributed by atoms with Gasteiger partial charge in [-0.1, -0.05) is 50.2 Å². The lowest BCUT2D eigenvalue weighted by molar-refractivity contribution is -0.139. The number of carbonyl (C=O) groups is 2. The summed E-state index contributed by atoms with van der Waals surface area (Å²) in [5.41, 5.74) is 3.01. The molecule has 4 aromatic rings. The number of fused-ring (bicyclic) bond motifs is 1. The molecule has 1 unspecified atom stereocenters. The summed E-state index contributed by atoms with van der Waals surface area (Å²) >= 11 is 1.71. The van der Waals surface area contributed by atoms with E-state index in [1.807, 2.05) is 42.5 Å². The second kappa shape index (κ2) is 10.7. The Bertz CT molecular complexity index is 1260. The van der Waals surface area contributed by atoms with Crippen LogP contribution in [0.4, 0.5) is 0 Å². The van der Waals surface area contributed by atoms with Crippen molar-refractivity contribution >= 4 is 34.2 Å². The summed E-state index contributed by atoms with van der Waals surface area (Å²) in [5.74, 6) is -0.493. The summed E-state index contributed by atoms with van der Waals surface area (Å²) in [6, 6.07) is 18.2. The van der Waals surface area contributed by atoms with Crippen molar-refractivity contribution < 1.29 is 14.7 Å². The first kappa shape index (κ1) is 23.7. The highest BCUT2D eigenvalue weighted by molar-refractivity contribution is 7.09. The molecule has 0 saturated heterocycles. The number of carboxylic acid groups (broad SMARTS) is 1. The van der Waals surface area contributed by atoms with Crippen molar-refractivity contribution in [1.29, 1.82) is 0 Å². The molecule has 0 saturated carbocycles. The number of aromatic nitrogens is 2. The van der Waals surface area contributed by atoms with E-state index in [0.717, 1.165) is 41.7 Å². The molecule has 176 valence electrons. The number of benzene rings is 2. The normalized spacial score (nSPS) is 12.2. The molecule has 4 rings (SSSR count). The topological polar surface area (TPSA) is 84.2 Å². The van der Waals surface area contributed by atoms with Gasteiger partial charge in [-0.2, -0.15) is 0 Å². The molecule has 2 N–H and O–H groups in total. The molecule has 1 atom stereocenters. The number of hydrogen-bond donors (Lipinski definition) is 2. The van der Waals surface area contributed by atoms with Gasteiger partial charge in [-0.05, 0) is 48.1 Å². The molecule has 0 aliphatic rings. The summed E-state index contributed by atoms with van der Waals surface area (Å²) in [7, 11) is 0. The van der Waals surface area contributed by atoms with Gasteiger partial charge in [0, 0.05) is 29.3 Å². The van der Waals surface area contributed by atoms with Crippen LogP contribution in [0, 0.1) is 0 Å². The Labute approximate surface area is 203 Å². The zero-order valence-corrected chi connectivity index (χ0v) is 20.2. The fourth-order valence-electron chi connectivity index (χ4n) is 4.34. The predicted octanol–water partition coefficient (Wildman–Crippen LogP) is 5.48. The third-order valence-corrected chi connectivity index (χ3v) is 7.01. The van der Waals surface area contributed by atoms with E-state index in [4.69, 9.17) is 4.98 Å². The number of nitrogens with zero attached hydrogens (tertiary/aromatic N) is 2. The van der Waals surface area contributed by atoms with E-state index >= 15 is 0 Å². The molecule has 0 aliphatic carbocycles. The maximum absolute atomic E-state index is 13.0. The van der Waals surface area contributed by atoms with Gasteiger partial charge in [-0.3, -0.25) is 4.79 Å². The highest BCUT2D eigenvalue weighted by atomic mass is 32.1. The molecular weight excluding hydrogens is 446 g/mol. The molecule has 0 spiro atoms. The number of rotatable bonds is 10. The molecule has 2 aromatic heterocycles. The van der Waals surface area contributed by atoms with Crippen LogP contribution in [-0.4, -0.2) is 32.6 Å². The maximum Gasteiger partial charge on any atom is 0.326 e. The van der Waals surface area contributed by atoms with E-state index in [1.165, 1.54) is 4.88 Å². The molecular formula is C27H29N3O3S. The fourth-order valence-corrected chi connectivity index (χ4v) is 5.04. The summed E-state index contributed by atoms with van der Waals surface area (Å²) < 4.78 is 2.30. The van der Waals surface area contributed by atoms with Gasteiger partial charge in [0.25, 0.3) is 5.91 Å². The lowest BCUT2D eigenvalue weighted by atomic mass is 10.1. The zero-order valence-electron chi connectivity index (χ0n) is 19.4. The predicted molar refractivity (Wildman–Crippen MR) is 136 cm³/mol. The van der Waals surface area contributed by atoms with Crippen molar-refractivity contribution in [2.45, 2.75) is 51.6 Å². The number of nitrogens with one attached hydrogen (secondary N) is 1. The van der Waals surface area contributed by atoms with Gasteiger partial charge < -0.3 is 15.0 Å². The van der Waals surface area contributed by atoms with E-state index in [1.54, 1.807) is 23.5 Å². The number of hydrogen-bond acceptors (Lipinski definition) is 4. The second-order valence-corrected chi connectivity index (χ2v) is 9.41. The third-order valence-electron chi connectivity index (χ3n) is 6.13. The largest absolute Gasteiger partial charge is 0.480 e. The molecule has 6 nitrogen and oxygen atoms in total. The van der Waals surface area contributed by atoms with Gasteiger partial charge >= 0.3 is 5.97 Å². The van der Waals surface area contributed by atoms with Crippen molar-refractivity contribution in [3.63, 3.8) is 0 Å². The minimum Gasteiger partial charge on any atom is -0.480 e. The van der Waals surface area contributed by atoms with Gasteiger partial charge in [-0.15, -0.1) is 11.3 Å². The van der Waals surface area contributed by atoms with Crippen LogP contribution in [0.1, 0.15) is 59.4 Å². The number of imidazole rings is 1. The second-order valence-electron chi connectivity index (χ2n) is 8.38. The van der Waals surface area contributed by atoms with E-state index in [-0.39, 0.29) is 6.42 Å². The van der Waals surface area contributed by atoms with Crippen molar-refractivity contribution in [3.05, 3.63) is 87.9 Å². The highest BCUT2D eigenvalue weighted by Crippen LogP contribution is 2.28. The average molecular weight is 476 g/mol. The van der Waals surface area contributed by atoms with E-state index in [0.29, 0.717) is 11.6 Å². The zero-order chi connectivity index (χ0) is 24.1. The van der Waals surface area contributed by atoms with Crippen LogP contribution < -0.4 is 5.32 Å². The standard InChI is InChI=1S/C27H29N3O3S/c1-3-20(4-2)30-24-13-12-19(16-22(24)28-25(30)17-21-11-8-14-34-21)26(31)29-23(27(32)33)15-18-9-6-5-7-10-18/h5-14,16,20,23H,3-4,15,17H2,1-2H3,(H,29,31)(H,32,33). The SMILES string of the molecule is CCC(CC)n1c(Cc2cccs2)nc2cc(C(=O)NC(Cc3ccccc3)C(=O)O)ccc21. The summed E-state index contributed by atoms with van der Waals surface area (Å²) in [6.07, 6.45) is 2.93. The third kappa shape index (κ3) is 5.20. The quantitative estimate of drug-likeness (QED) is 0.318. The maximum atomic E-state index is 13.0. The lowest BCUT2D eigenvalue weighted by Crippen LogP contribution is -2.42. The van der Waals surface area contributed by atoms with Crippen LogP contribution >= 0.6 is 11.3 Å². The van der Waals surface area contributed by atoms with Gasteiger partial charge in [0.1, 0.15) is 11.9 Å². The molecule has 2 aromatic carbocycles. The fraction of sp³-hybridized carbons (Fsp3) is 0.296. The lowest BCUT2D eigenvalue weighted by Gasteiger charge is -2.19. The molecule has 34 heavy (non-hydrogen) atoms. The first-order valence-corrected chi connectivity index (χ1v) is 12.5. The highest BCUT2D eigenvalue weighted by Gasteiger charge is 2.23. The van der Waals surface area contributed by atoms with Crippen molar-refractivity contribution in [1.82, 2.24) is 14.9 Å². The van der Waals surface area contributed by atoms with Crippen LogP contribution in [0.3, 0.4) is 0 Å². The Morgan fingerprint density at radius 1 is 1.06 bits per heavy atom. The van der Waals surface area contributed by atoms with Crippen LogP contribution in [-0.2, 0) is 17.6 Å². The molecule has 7 heteroatoms. The van der Waals surface area contributed by atoms with Gasteiger partial charge in [0.15, 0.2) is 0 Å². The monoisotopic (exact) mass is 475 g/mol. The van der Waals surface area contributed by atoms with Crippen molar-refractivity contribution in [2.75, 3.05) is 0 Å². The van der Waals surface area contributed by atoms with Crippen molar-refractivity contribution in [2.24, 2.45) is 0 Å². The average Bonchev–Trinajstić information content (AvgIpc) is 3.48. The van der Waals surface area contributed by atoms with Gasteiger partial charge in [-0.25, -0.2) is 9.78 Å². The number of carbonyl (C=O) groups excluding carboxylic acids is 1. The molecule has 1 amide bonds. The Morgan fingerprint density at radius 3 is 2.47 bits per heavy atom. The molecule has 0 fully saturated rings. The van der Waals surface area contributed by atoms with E-state index in [9.17, 15) is 14.7 Å². The molecule has 0 aliphatic heterocycles. The number of thiophene rings is 1. The molecule has 0 radical (unpaired) electrons. The van der Waals surface area contributed by atoms with Crippen LogP contribution in [0.25, 0.3) is 11.0 Å². The number of amides is 1. The minimum atomic E-state index is -1.06. The Morgan fingerprint density at radius 2 is 1.82 bits per heavy atom. The van der Waals surface area contributed by atoms with Crippen LogP contribution in [0.2, 0.25) is 0 Å². The van der Waals surface area contributed by atoms with Crippen molar-refractivity contribution in [3.8, 4) is 0 Å².